The van der Waals surface area contributed by atoms with Crippen LogP contribution in [0.3, 0.4) is 0 Å². The fraction of sp³-hybridized carbons (Fsp3) is 0.385. The molecule has 1 heterocycles. The minimum absolute atomic E-state index is 0.0650. The summed E-state index contributed by atoms with van der Waals surface area (Å²) in [5.74, 6) is 1.48. The molecule has 0 aliphatic carbocycles. The summed E-state index contributed by atoms with van der Waals surface area (Å²) in [7, 11) is 0. The Bertz CT molecular complexity index is 544. The molecule has 0 aliphatic rings. The normalized spacial score (nSPS) is 10.9. The number of aromatic nitrogens is 3. The van der Waals surface area contributed by atoms with Crippen LogP contribution in [-0.2, 0) is 18.9 Å². The molecule has 0 amide bonds. The molecular formula is C13H16BrN3OS. The van der Waals surface area contributed by atoms with Crippen molar-refractivity contribution in [2.24, 2.45) is 0 Å². The van der Waals surface area contributed by atoms with Crippen LogP contribution in [0.1, 0.15) is 24.7 Å². The number of aliphatic hydroxyl groups excluding tert-OH is 1. The molecule has 1 aromatic carbocycles. The van der Waals surface area contributed by atoms with Crippen LogP contribution in [-0.4, -0.2) is 19.9 Å². The second kappa shape index (κ2) is 7.07. The van der Waals surface area contributed by atoms with Gasteiger partial charge >= 0.3 is 0 Å². The molecule has 0 spiro atoms. The van der Waals surface area contributed by atoms with Gasteiger partial charge in [0, 0.05) is 16.8 Å². The van der Waals surface area contributed by atoms with Crippen LogP contribution in [0.2, 0.25) is 0 Å². The fourth-order valence-corrected chi connectivity index (χ4v) is 3.14. The van der Waals surface area contributed by atoms with Crippen molar-refractivity contribution in [2.45, 2.75) is 37.4 Å². The van der Waals surface area contributed by atoms with Gasteiger partial charge in [-0.1, -0.05) is 46.7 Å². The second-order valence-electron chi connectivity index (χ2n) is 4.13. The molecule has 2 aromatic rings. The van der Waals surface area contributed by atoms with Gasteiger partial charge in [0.1, 0.15) is 6.61 Å². The highest BCUT2D eigenvalue weighted by Gasteiger charge is 2.11. The van der Waals surface area contributed by atoms with Crippen molar-refractivity contribution in [1.29, 1.82) is 0 Å². The Hall–Kier alpha value is -0.850. The van der Waals surface area contributed by atoms with Crippen molar-refractivity contribution in [2.75, 3.05) is 0 Å². The Morgan fingerprint density at radius 1 is 1.37 bits per heavy atom. The van der Waals surface area contributed by atoms with E-state index in [1.165, 1.54) is 5.56 Å². The first-order valence-corrected chi connectivity index (χ1v) is 7.92. The van der Waals surface area contributed by atoms with E-state index in [-0.39, 0.29) is 6.61 Å². The van der Waals surface area contributed by atoms with Gasteiger partial charge in [0.2, 0.25) is 0 Å². The van der Waals surface area contributed by atoms with Crippen molar-refractivity contribution in [1.82, 2.24) is 14.8 Å². The quantitative estimate of drug-likeness (QED) is 0.819. The Morgan fingerprint density at radius 2 is 2.21 bits per heavy atom. The van der Waals surface area contributed by atoms with E-state index in [0.717, 1.165) is 28.3 Å². The van der Waals surface area contributed by atoms with E-state index in [4.69, 9.17) is 0 Å². The maximum Gasteiger partial charge on any atom is 0.191 e. The predicted octanol–water partition coefficient (Wildman–Crippen LogP) is 3.24. The highest BCUT2D eigenvalue weighted by Crippen LogP contribution is 2.23. The fourth-order valence-electron chi connectivity index (χ4n) is 1.77. The Kier molecular flexibility index (Phi) is 5.42. The average Bonchev–Trinajstić information content (AvgIpc) is 2.79. The lowest BCUT2D eigenvalue weighted by Gasteiger charge is -2.07. The third-order valence-corrected chi connectivity index (χ3v) is 4.17. The Balaban J connectivity index is 2.08. The highest BCUT2D eigenvalue weighted by atomic mass is 79.9. The van der Waals surface area contributed by atoms with E-state index in [2.05, 4.69) is 45.2 Å². The molecule has 0 radical (unpaired) electrons. The number of halogens is 1. The molecule has 1 N–H and O–H groups in total. The maximum absolute atomic E-state index is 9.24. The lowest BCUT2D eigenvalue weighted by molar-refractivity contribution is 0.263. The smallest absolute Gasteiger partial charge is 0.191 e. The van der Waals surface area contributed by atoms with E-state index >= 15 is 0 Å². The van der Waals surface area contributed by atoms with Crippen LogP contribution in [0.4, 0.5) is 0 Å². The summed E-state index contributed by atoms with van der Waals surface area (Å²) in [6, 6.07) is 8.22. The lowest BCUT2D eigenvalue weighted by Crippen LogP contribution is -2.04. The number of nitrogens with zero attached hydrogens (tertiary/aromatic N) is 3. The van der Waals surface area contributed by atoms with Gasteiger partial charge in [-0.15, -0.1) is 10.2 Å². The van der Waals surface area contributed by atoms with Gasteiger partial charge in [-0.3, -0.25) is 0 Å². The van der Waals surface area contributed by atoms with E-state index < -0.39 is 0 Å². The molecule has 0 saturated heterocycles. The average molecular weight is 342 g/mol. The number of aliphatic hydroxyl groups is 1. The molecule has 4 nitrogen and oxygen atoms in total. The summed E-state index contributed by atoms with van der Waals surface area (Å²) in [6.45, 7) is 2.87. The number of benzene rings is 1. The number of rotatable bonds is 6. The molecule has 0 unspecified atom stereocenters. The zero-order chi connectivity index (χ0) is 13.7. The molecular weight excluding hydrogens is 326 g/mol. The summed E-state index contributed by atoms with van der Waals surface area (Å²) in [5.41, 5.74) is 1.23. The van der Waals surface area contributed by atoms with Crippen molar-refractivity contribution in [3.05, 3.63) is 40.1 Å². The van der Waals surface area contributed by atoms with Gasteiger partial charge in [-0.05, 0) is 24.1 Å². The molecule has 1 aromatic heterocycles. The van der Waals surface area contributed by atoms with Gasteiger partial charge in [0.05, 0.1) is 0 Å². The van der Waals surface area contributed by atoms with E-state index in [1.807, 2.05) is 16.7 Å². The van der Waals surface area contributed by atoms with Gasteiger partial charge in [0.15, 0.2) is 11.0 Å². The zero-order valence-electron chi connectivity index (χ0n) is 10.7. The minimum Gasteiger partial charge on any atom is -0.388 e. The standard InChI is InChI=1S/C13H16BrN3OS/c1-2-6-17-12(8-18)15-16-13(17)19-9-10-4-3-5-11(14)7-10/h3-5,7,18H,2,6,8-9H2,1H3. The van der Waals surface area contributed by atoms with E-state index in [9.17, 15) is 5.11 Å². The molecule has 0 saturated carbocycles. The summed E-state index contributed by atoms with van der Waals surface area (Å²) in [4.78, 5) is 0. The van der Waals surface area contributed by atoms with Crippen LogP contribution in [0.15, 0.2) is 33.9 Å². The SMILES string of the molecule is CCCn1c(CO)nnc1SCc1cccc(Br)c1. The highest BCUT2D eigenvalue weighted by molar-refractivity contribution is 9.10. The van der Waals surface area contributed by atoms with Gasteiger partial charge in [-0.25, -0.2) is 0 Å². The monoisotopic (exact) mass is 341 g/mol. The molecule has 6 heteroatoms. The molecule has 0 fully saturated rings. The largest absolute Gasteiger partial charge is 0.388 e. The number of hydrogen-bond donors (Lipinski definition) is 1. The zero-order valence-corrected chi connectivity index (χ0v) is 13.1. The van der Waals surface area contributed by atoms with Crippen molar-refractivity contribution in [3.8, 4) is 0 Å². The lowest BCUT2D eigenvalue weighted by atomic mass is 10.2. The van der Waals surface area contributed by atoms with E-state index in [0.29, 0.717) is 5.82 Å². The van der Waals surface area contributed by atoms with Crippen LogP contribution in [0.5, 0.6) is 0 Å². The van der Waals surface area contributed by atoms with E-state index in [1.54, 1.807) is 11.8 Å². The maximum atomic E-state index is 9.24. The number of hydrogen-bond acceptors (Lipinski definition) is 4. The van der Waals surface area contributed by atoms with Gasteiger partial charge in [-0.2, -0.15) is 0 Å². The van der Waals surface area contributed by atoms with Gasteiger partial charge in [0.25, 0.3) is 0 Å². The summed E-state index contributed by atoms with van der Waals surface area (Å²) < 4.78 is 3.07. The van der Waals surface area contributed by atoms with Crippen LogP contribution >= 0.6 is 27.7 Å². The predicted molar refractivity (Wildman–Crippen MR) is 79.9 cm³/mol. The minimum atomic E-state index is -0.0650. The summed E-state index contributed by atoms with van der Waals surface area (Å²) >= 11 is 5.11. The van der Waals surface area contributed by atoms with Crippen molar-refractivity contribution < 1.29 is 5.11 Å². The van der Waals surface area contributed by atoms with Crippen LogP contribution in [0.25, 0.3) is 0 Å². The molecule has 0 atom stereocenters. The molecule has 2 rings (SSSR count). The first kappa shape index (κ1) is 14.6. The molecule has 0 aliphatic heterocycles. The Morgan fingerprint density at radius 3 is 2.89 bits per heavy atom. The second-order valence-corrected chi connectivity index (χ2v) is 5.99. The van der Waals surface area contributed by atoms with Crippen LogP contribution in [0, 0.1) is 0 Å². The number of thioether (sulfide) groups is 1. The van der Waals surface area contributed by atoms with Crippen molar-refractivity contribution in [3.63, 3.8) is 0 Å². The third-order valence-electron chi connectivity index (χ3n) is 2.64. The topological polar surface area (TPSA) is 50.9 Å². The van der Waals surface area contributed by atoms with Gasteiger partial charge < -0.3 is 9.67 Å². The van der Waals surface area contributed by atoms with Crippen LogP contribution < -0.4 is 0 Å². The Labute approximate surface area is 125 Å². The first-order valence-electron chi connectivity index (χ1n) is 6.14. The third kappa shape index (κ3) is 3.81. The van der Waals surface area contributed by atoms with Crippen molar-refractivity contribution >= 4 is 27.7 Å². The molecule has 19 heavy (non-hydrogen) atoms. The molecule has 0 bridgehead atoms. The summed E-state index contributed by atoms with van der Waals surface area (Å²) in [6.07, 6.45) is 0.996. The first-order chi connectivity index (χ1) is 9.24. The molecule has 102 valence electrons. The summed E-state index contributed by atoms with van der Waals surface area (Å²) in [5, 5.41) is 18.3.